The van der Waals surface area contributed by atoms with Crippen LogP contribution in [0.5, 0.6) is 0 Å². The Morgan fingerprint density at radius 1 is 1.43 bits per heavy atom. The molecule has 0 aromatic heterocycles. The second kappa shape index (κ2) is 3.65. The summed E-state index contributed by atoms with van der Waals surface area (Å²) in [6, 6.07) is 0. The monoisotopic (exact) mass is 194 g/mol. The van der Waals surface area contributed by atoms with Gasteiger partial charge < -0.3 is 14.5 Å². The van der Waals surface area contributed by atoms with Gasteiger partial charge in [-0.3, -0.25) is 0 Å². The molecule has 78 valence electrons. The zero-order valence-electron chi connectivity index (χ0n) is 9.16. The Morgan fingerprint density at radius 3 is 2.79 bits per heavy atom. The lowest BCUT2D eigenvalue weighted by Gasteiger charge is -2.43. The molecule has 3 nitrogen and oxygen atoms in total. The van der Waals surface area contributed by atoms with Crippen molar-refractivity contribution in [1.82, 2.24) is 9.80 Å². The summed E-state index contributed by atoms with van der Waals surface area (Å²) in [7, 11) is 3.91. The number of methoxy groups -OCH3 is 1. The minimum absolute atomic E-state index is 0.200. The molecule has 0 bridgehead atoms. The molecule has 0 saturated carbocycles. The number of ether oxygens (including phenoxy) is 1. The fourth-order valence-corrected chi connectivity index (χ4v) is 2.27. The van der Waals surface area contributed by atoms with Crippen LogP contribution in [0.4, 0.5) is 0 Å². The molecule has 0 radical (unpaired) electrons. The Morgan fingerprint density at radius 2 is 2.14 bits per heavy atom. The molecule has 0 N–H and O–H groups in total. The van der Waals surface area contributed by atoms with E-state index in [0.29, 0.717) is 0 Å². The largest absolute Gasteiger partial charge is 0.369 e. The van der Waals surface area contributed by atoms with E-state index in [0.717, 1.165) is 19.5 Å². The quantitative estimate of drug-likeness (QED) is 0.661. The van der Waals surface area contributed by atoms with Crippen molar-refractivity contribution in [3.63, 3.8) is 0 Å². The molecular weight excluding hydrogens is 176 g/mol. The molecule has 1 aliphatic heterocycles. The minimum atomic E-state index is 0.200. The molecule has 1 saturated heterocycles. The SMILES string of the molecule is CCN1C2=CCC=C2N(C)CC1OC. The third-order valence-electron chi connectivity index (χ3n) is 3.00. The van der Waals surface area contributed by atoms with Crippen LogP contribution in [0.2, 0.25) is 0 Å². The van der Waals surface area contributed by atoms with Gasteiger partial charge in [0.1, 0.15) is 6.23 Å². The topological polar surface area (TPSA) is 15.7 Å². The van der Waals surface area contributed by atoms with Crippen LogP contribution >= 0.6 is 0 Å². The van der Waals surface area contributed by atoms with E-state index in [1.54, 1.807) is 7.11 Å². The lowest BCUT2D eigenvalue weighted by molar-refractivity contribution is -0.0387. The molecule has 14 heavy (non-hydrogen) atoms. The normalized spacial score (nSPS) is 26.1. The summed E-state index contributed by atoms with van der Waals surface area (Å²) in [5.41, 5.74) is 2.70. The molecule has 0 amide bonds. The molecule has 1 aliphatic carbocycles. The van der Waals surface area contributed by atoms with Crippen molar-refractivity contribution >= 4 is 0 Å². The molecule has 1 fully saturated rings. The summed E-state index contributed by atoms with van der Waals surface area (Å²) in [5, 5.41) is 0. The summed E-state index contributed by atoms with van der Waals surface area (Å²) >= 11 is 0. The standard InChI is InChI=1S/C11H18N2O/c1-4-13-10-7-5-6-9(10)12(2)8-11(13)14-3/h6-7,11H,4-5,8H2,1-3H3. The van der Waals surface area contributed by atoms with Crippen molar-refractivity contribution in [2.45, 2.75) is 19.6 Å². The molecule has 3 heteroatoms. The molecule has 1 heterocycles. The van der Waals surface area contributed by atoms with E-state index in [9.17, 15) is 0 Å². The van der Waals surface area contributed by atoms with Crippen LogP contribution in [0.15, 0.2) is 23.5 Å². The summed E-state index contributed by atoms with van der Waals surface area (Å²) in [4.78, 5) is 4.61. The van der Waals surface area contributed by atoms with Gasteiger partial charge in [-0.15, -0.1) is 0 Å². The Balaban J connectivity index is 2.26. The lowest BCUT2D eigenvalue weighted by Crippen LogP contribution is -2.49. The molecule has 1 unspecified atom stereocenters. The van der Waals surface area contributed by atoms with Crippen molar-refractivity contribution in [1.29, 1.82) is 0 Å². The van der Waals surface area contributed by atoms with Crippen LogP contribution in [-0.4, -0.2) is 43.3 Å². The highest BCUT2D eigenvalue weighted by Crippen LogP contribution is 2.31. The van der Waals surface area contributed by atoms with E-state index in [1.807, 2.05) is 0 Å². The highest BCUT2D eigenvalue weighted by molar-refractivity contribution is 5.37. The van der Waals surface area contributed by atoms with Gasteiger partial charge in [0.15, 0.2) is 0 Å². The average Bonchev–Trinajstić information content (AvgIpc) is 2.66. The van der Waals surface area contributed by atoms with E-state index in [4.69, 9.17) is 4.74 Å². The number of hydrogen-bond donors (Lipinski definition) is 0. The first-order chi connectivity index (χ1) is 6.77. The number of allylic oxidation sites excluding steroid dienone is 2. The van der Waals surface area contributed by atoms with Gasteiger partial charge in [-0.1, -0.05) is 12.2 Å². The van der Waals surface area contributed by atoms with Crippen molar-refractivity contribution in [3.8, 4) is 0 Å². The molecule has 0 spiro atoms. The minimum Gasteiger partial charge on any atom is -0.369 e. The van der Waals surface area contributed by atoms with E-state index in [-0.39, 0.29) is 6.23 Å². The lowest BCUT2D eigenvalue weighted by atomic mass is 10.2. The molecular formula is C11H18N2O. The van der Waals surface area contributed by atoms with Gasteiger partial charge in [0.05, 0.1) is 17.9 Å². The predicted octanol–water partition coefficient (Wildman–Crippen LogP) is 1.40. The fraction of sp³-hybridized carbons (Fsp3) is 0.636. The highest BCUT2D eigenvalue weighted by Gasteiger charge is 2.31. The summed E-state index contributed by atoms with van der Waals surface area (Å²) in [5.74, 6) is 0. The summed E-state index contributed by atoms with van der Waals surface area (Å²) in [6.45, 7) is 4.14. The van der Waals surface area contributed by atoms with Crippen LogP contribution < -0.4 is 0 Å². The molecule has 0 aromatic carbocycles. The van der Waals surface area contributed by atoms with E-state index >= 15 is 0 Å². The second-order valence-corrected chi connectivity index (χ2v) is 3.77. The van der Waals surface area contributed by atoms with E-state index < -0.39 is 0 Å². The van der Waals surface area contributed by atoms with Crippen molar-refractivity contribution in [2.24, 2.45) is 0 Å². The molecule has 0 aromatic rings. The maximum absolute atomic E-state index is 5.49. The average molecular weight is 194 g/mol. The predicted molar refractivity (Wildman–Crippen MR) is 56.6 cm³/mol. The van der Waals surface area contributed by atoms with Gasteiger partial charge in [-0.25, -0.2) is 0 Å². The zero-order chi connectivity index (χ0) is 10.1. The first-order valence-corrected chi connectivity index (χ1v) is 5.19. The van der Waals surface area contributed by atoms with Crippen molar-refractivity contribution < 1.29 is 4.74 Å². The van der Waals surface area contributed by atoms with E-state index in [1.165, 1.54) is 11.4 Å². The number of piperazine rings is 1. The summed E-state index contributed by atoms with van der Waals surface area (Å²) < 4.78 is 5.49. The number of likely N-dealkylation sites (N-methyl/N-ethyl adjacent to an activating group) is 2. The van der Waals surface area contributed by atoms with Crippen LogP contribution in [-0.2, 0) is 4.74 Å². The number of rotatable bonds is 2. The third kappa shape index (κ3) is 1.32. The zero-order valence-corrected chi connectivity index (χ0v) is 9.16. The number of fused-ring (bicyclic) bond motifs is 1. The van der Waals surface area contributed by atoms with E-state index in [2.05, 4.69) is 35.9 Å². The van der Waals surface area contributed by atoms with Crippen LogP contribution in [0.25, 0.3) is 0 Å². The maximum Gasteiger partial charge on any atom is 0.147 e. The Labute approximate surface area is 85.6 Å². The summed E-state index contributed by atoms with van der Waals surface area (Å²) in [6.07, 6.45) is 5.82. The highest BCUT2D eigenvalue weighted by atomic mass is 16.5. The van der Waals surface area contributed by atoms with Gasteiger partial charge in [0.25, 0.3) is 0 Å². The smallest absolute Gasteiger partial charge is 0.147 e. The van der Waals surface area contributed by atoms with Gasteiger partial charge >= 0.3 is 0 Å². The Hall–Kier alpha value is -0.960. The van der Waals surface area contributed by atoms with Gasteiger partial charge in [0, 0.05) is 20.7 Å². The Bertz CT molecular complexity index is 283. The Kier molecular flexibility index (Phi) is 2.50. The first-order valence-electron chi connectivity index (χ1n) is 5.19. The van der Waals surface area contributed by atoms with Gasteiger partial charge in [-0.2, -0.15) is 0 Å². The second-order valence-electron chi connectivity index (χ2n) is 3.77. The van der Waals surface area contributed by atoms with Crippen LogP contribution in [0.3, 0.4) is 0 Å². The van der Waals surface area contributed by atoms with Gasteiger partial charge in [0.2, 0.25) is 0 Å². The maximum atomic E-state index is 5.49. The molecule has 2 aliphatic rings. The van der Waals surface area contributed by atoms with Crippen molar-refractivity contribution in [3.05, 3.63) is 23.5 Å². The molecule has 2 rings (SSSR count). The fourth-order valence-electron chi connectivity index (χ4n) is 2.27. The number of hydrogen-bond acceptors (Lipinski definition) is 3. The van der Waals surface area contributed by atoms with Crippen LogP contribution in [0.1, 0.15) is 13.3 Å². The van der Waals surface area contributed by atoms with Crippen LogP contribution in [0, 0.1) is 0 Å². The van der Waals surface area contributed by atoms with Gasteiger partial charge in [-0.05, 0) is 13.3 Å². The van der Waals surface area contributed by atoms with Crippen molar-refractivity contribution in [2.75, 3.05) is 27.2 Å². The number of nitrogens with zero attached hydrogens (tertiary/aromatic N) is 2. The molecule has 1 atom stereocenters. The first kappa shape index (κ1) is 9.59. The third-order valence-corrected chi connectivity index (χ3v) is 3.00.